The van der Waals surface area contributed by atoms with Crippen LogP contribution in [0, 0.1) is 0 Å². The normalized spacial score (nSPS) is 18.0. The monoisotopic (exact) mass is 1020 g/mol. The summed E-state index contributed by atoms with van der Waals surface area (Å²) in [7, 11) is 2.56. The molecule has 0 saturated carbocycles. The number of thiophene rings is 2. The molecule has 371 valence electrons. The average molecular weight is 1020 g/mol. The van der Waals surface area contributed by atoms with Crippen molar-refractivity contribution in [2.45, 2.75) is 122 Å². The summed E-state index contributed by atoms with van der Waals surface area (Å²) in [6, 6.07) is 54.9. The van der Waals surface area contributed by atoms with Crippen molar-refractivity contribution in [3.63, 3.8) is 0 Å². The zero-order valence-electron chi connectivity index (χ0n) is 45.4. The molecule has 3 aromatic heterocycles. The van der Waals surface area contributed by atoms with Gasteiger partial charge in [0.2, 0.25) is 0 Å². The van der Waals surface area contributed by atoms with E-state index in [1.165, 1.54) is 177 Å². The van der Waals surface area contributed by atoms with Gasteiger partial charge in [-0.3, -0.25) is 0 Å². The molecule has 5 heteroatoms. The van der Waals surface area contributed by atoms with E-state index in [9.17, 15) is 0 Å². The minimum atomic E-state index is -0.301. The van der Waals surface area contributed by atoms with E-state index in [0.29, 0.717) is 0 Å². The van der Waals surface area contributed by atoms with Crippen molar-refractivity contribution < 1.29 is 0 Å². The first-order valence-corrected chi connectivity index (χ1v) is 29.5. The molecule has 1 radical (unpaired) electrons. The van der Waals surface area contributed by atoms with Gasteiger partial charge in [-0.2, -0.15) is 0 Å². The van der Waals surface area contributed by atoms with Gasteiger partial charge in [-0.05, 0) is 180 Å². The first-order chi connectivity index (χ1) is 36.4. The predicted molar refractivity (Wildman–Crippen MR) is 332 cm³/mol. The molecular formula is C71H62BN2S2. The van der Waals surface area contributed by atoms with Gasteiger partial charge in [0.25, 0.3) is 0 Å². The summed E-state index contributed by atoms with van der Waals surface area (Å²) in [4.78, 5) is 0. The Hall–Kier alpha value is -6.66. The van der Waals surface area contributed by atoms with Gasteiger partial charge in [0, 0.05) is 84.7 Å². The summed E-state index contributed by atoms with van der Waals surface area (Å²) in [6.07, 6.45) is 4.76. The Balaban J connectivity index is 1.05. The standard InChI is InChI=1S/C71H62BN2S2/c1-67(2)27-29-69(5,6)49-36-58-44(33-47(49)67)60-52(23-16-24-56(60)75-58)73-53-25-26-57-61(45-34-48-50(37-59(45)76-57)70(7,8)30-28-68(48,3)4)62(53)63-64-43(40-19-13-14-21-46(40)71(64,9)10)35-55-65(63)72-51-22-15-20-41-42-31-38-17-11-12-18-39(38)32-54(42)74(55)66(41)51/h11-26,31-37,73H,27-30H2,1-10H3. The predicted octanol–water partition coefficient (Wildman–Crippen LogP) is 19.1. The van der Waals surface area contributed by atoms with E-state index >= 15 is 0 Å². The third kappa shape index (κ3) is 6.00. The lowest BCUT2D eigenvalue weighted by molar-refractivity contribution is 0.332. The molecule has 0 fully saturated rings. The highest BCUT2D eigenvalue weighted by Crippen LogP contribution is 2.58. The minimum Gasteiger partial charge on any atom is -0.354 e. The Morgan fingerprint density at radius 2 is 1.04 bits per heavy atom. The number of nitrogens with zero attached hydrogens (tertiary/aromatic N) is 1. The number of fused-ring (bicyclic) bond motifs is 17. The number of hydrogen-bond donors (Lipinski definition) is 1. The Kier molecular flexibility index (Phi) is 8.91. The fourth-order valence-electron chi connectivity index (χ4n) is 15.3. The summed E-state index contributed by atoms with van der Waals surface area (Å²) in [6.45, 7) is 24.7. The van der Waals surface area contributed by atoms with E-state index in [1.807, 2.05) is 22.7 Å². The third-order valence-electron chi connectivity index (χ3n) is 19.7. The van der Waals surface area contributed by atoms with Crippen LogP contribution in [0.4, 0.5) is 11.4 Å². The number of nitrogens with one attached hydrogen (secondary N) is 1. The molecule has 12 aromatic rings. The van der Waals surface area contributed by atoms with Gasteiger partial charge in [-0.25, -0.2) is 0 Å². The van der Waals surface area contributed by atoms with Crippen molar-refractivity contribution >= 4 is 125 Å². The molecule has 1 aliphatic heterocycles. The van der Waals surface area contributed by atoms with Gasteiger partial charge in [-0.1, -0.05) is 147 Å². The van der Waals surface area contributed by atoms with E-state index in [2.05, 4.69) is 226 Å². The fourth-order valence-corrected chi connectivity index (χ4v) is 17.5. The van der Waals surface area contributed by atoms with Crippen LogP contribution in [0.1, 0.15) is 128 Å². The molecule has 76 heavy (non-hydrogen) atoms. The van der Waals surface area contributed by atoms with Gasteiger partial charge >= 0.3 is 0 Å². The maximum absolute atomic E-state index is 4.37. The largest absolute Gasteiger partial charge is 0.354 e. The highest BCUT2D eigenvalue weighted by molar-refractivity contribution is 7.26. The summed E-state index contributed by atoms with van der Waals surface area (Å²) in [5.41, 5.74) is 22.9. The van der Waals surface area contributed by atoms with Crippen LogP contribution in [0.25, 0.3) is 101 Å². The average Bonchev–Trinajstić information content (AvgIpc) is 4.32. The number of rotatable bonds is 3. The van der Waals surface area contributed by atoms with Gasteiger partial charge in [-0.15, -0.1) is 22.7 Å². The molecule has 16 rings (SSSR count). The van der Waals surface area contributed by atoms with E-state index in [-0.39, 0.29) is 27.1 Å². The fraction of sp³-hybridized carbons (Fsp3) is 0.268. The smallest absolute Gasteiger partial charge is 0.197 e. The second-order valence-corrected chi connectivity index (χ2v) is 28.6. The number of hydrogen-bond acceptors (Lipinski definition) is 3. The Labute approximate surface area is 455 Å². The molecule has 0 spiro atoms. The molecule has 4 heterocycles. The first kappa shape index (κ1) is 45.5. The Bertz CT molecular complexity index is 4620. The molecule has 9 aromatic carbocycles. The summed E-state index contributed by atoms with van der Waals surface area (Å²) in [5.74, 6) is 0. The Morgan fingerprint density at radius 3 is 1.72 bits per heavy atom. The van der Waals surface area contributed by atoms with Gasteiger partial charge in [0.1, 0.15) is 0 Å². The van der Waals surface area contributed by atoms with E-state index in [0.717, 1.165) is 5.69 Å². The van der Waals surface area contributed by atoms with Crippen molar-refractivity contribution in [3.8, 4) is 27.9 Å². The van der Waals surface area contributed by atoms with Crippen LogP contribution >= 0.6 is 22.7 Å². The quantitative estimate of drug-likeness (QED) is 0.175. The zero-order valence-corrected chi connectivity index (χ0v) is 47.1. The Morgan fingerprint density at radius 1 is 0.447 bits per heavy atom. The van der Waals surface area contributed by atoms with Crippen LogP contribution < -0.4 is 16.2 Å². The van der Waals surface area contributed by atoms with E-state index in [4.69, 9.17) is 0 Å². The molecule has 3 aliphatic carbocycles. The van der Waals surface area contributed by atoms with Crippen LogP contribution in [0.2, 0.25) is 0 Å². The molecule has 1 N–H and O–H groups in total. The van der Waals surface area contributed by atoms with Gasteiger partial charge < -0.3 is 9.88 Å². The van der Waals surface area contributed by atoms with Crippen molar-refractivity contribution in [2.75, 3.05) is 5.32 Å². The third-order valence-corrected chi connectivity index (χ3v) is 21.9. The number of aromatic nitrogens is 1. The number of benzene rings is 9. The van der Waals surface area contributed by atoms with Crippen LogP contribution in [0.3, 0.4) is 0 Å². The molecule has 0 amide bonds. The van der Waals surface area contributed by atoms with Crippen LogP contribution in [-0.2, 0) is 27.1 Å². The molecule has 0 saturated heterocycles. The van der Waals surface area contributed by atoms with Gasteiger partial charge in [0.15, 0.2) is 7.28 Å². The van der Waals surface area contributed by atoms with E-state index < -0.39 is 0 Å². The molecule has 4 aliphatic rings. The molecular weight excluding hydrogens is 956 g/mol. The summed E-state index contributed by atoms with van der Waals surface area (Å²) in [5, 5.41) is 14.9. The second-order valence-electron chi connectivity index (χ2n) is 26.4. The molecule has 0 unspecified atom stereocenters. The van der Waals surface area contributed by atoms with Gasteiger partial charge in [0.05, 0.1) is 5.52 Å². The molecule has 2 nitrogen and oxygen atoms in total. The summed E-state index contributed by atoms with van der Waals surface area (Å²) >= 11 is 3.94. The zero-order chi connectivity index (χ0) is 51.7. The van der Waals surface area contributed by atoms with Crippen LogP contribution in [0.15, 0.2) is 140 Å². The van der Waals surface area contributed by atoms with Crippen LogP contribution in [0.5, 0.6) is 0 Å². The maximum Gasteiger partial charge on any atom is 0.197 e. The topological polar surface area (TPSA) is 17.0 Å². The lowest BCUT2D eigenvalue weighted by Crippen LogP contribution is -2.38. The highest BCUT2D eigenvalue weighted by Gasteiger charge is 2.43. The molecule has 0 bridgehead atoms. The highest BCUT2D eigenvalue weighted by atomic mass is 32.1. The van der Waals surface area contributed by atoms with Crippen molar-refractivity contribution in [3.05, 3.63) is 173 Å². The lowest BCUT2D eigenvalue weighted by atomic mass is 9.57. The van der Waals surface area contributed by atoms with E-state index in [1.54, 1.807) is 0 Å². The maximum atomic E-state index is 4.37. The van der Waals surface area contributed by atoms with Crippen molar-refractivity contribution in [1.82, 2.24) is 4.57 Å². The minimum absolute atomic E-state index is 0.0568. The second kappa shape index (κ2) is 14.9. The van der Waals surface area contributed by atoms with Crippen molar-refractivity contribution in [1.29, 1.82) is 0 Å². The summed E-state index contributed by atoms with van der Waals surface area (Å²) < 4.78 is 8.06. The lowest BCUT2D eigenvalue weighted by Gasteiger charge is -2.42. The van der Waals surface area contributed by atoms with Crippen LogP contribution in [-0.4, -0.2) is 11.8 Å². The SMILES string of the molecule is CC1(C)CCC(C)(C)c2cc3c(cc21)sc1cccc(Nc2ccc4sc5cc6c(cc5c4c2-c2c4c(cc5c2C(C)(C)c2ccccc2-5)-n2c5cc7ccccc7cc5c5cccc(c52)[B]4)C(C)(C)CCC6(C)C)c13. The first-order valence-electron chi connectivity index (χ1n) is 27.8. The molecule has 0 atom stereocenters. The number of para-hydroxylation sites is 1. The number of anilines is 2. The van der Waals surface area contributed by atoms with Crippen molar-refractivity contribution in [2.24, 2.45) is 0 Å².